The second-order valence-electron chi connectivity index (χ2n) is 4.70. The number of ether oxygens (including phenoxy) is 1. The van der Waals surface area contributed by atoms with E-state index >= 15 is 0 Å². The molecule has 2 heteroatoms. The Morgan fingerprint density at radius 2 is 2.00 bits per heavy atom. The Morgan fingerprint density at radius 3 is 2.65 bits per heavy atom. The smallest absolute Gasteiger partial charge is 0.119 e. The Bertz CT molecular complexity index is 336. The summed E-state index contributed by atoms with van der Waals surface area (Å²) < 4.78 is 5.74. The molecule has 0 bridgehead atoms. The van der Waals surface area contributed by atoms with Gasteiger partial charge in [-0.25, -0.2) is 0 Å². The third-order valence-electron chi connectivity index (χ3n) is 3.08. The highest BCUT2D eigenvalue weighted by atomic mass is 16.5. The second-order valence-corrected chi connectivity index (χ2v) is 4.70. The Morgan fingerprint density at radius 1 is 1.24 bits per heavy atom. The molecule has 0 amide bonds. The van der Waals surface area contributed by atoms with Crippen LogP contribution in [-0.4, -0.2) is 19.2 Å². The van der Waals surface area contributed by atoms with Gasteiger partial charge in [0.25, 0.3) is 0 Å². The molecule has 0 saturated heterocycles. The first-order valence-corrected chi connectivity index (χ1v) is 6.57. The zero-order valence-corrected chi connectivity index (χ0v) is 11.5. The summed E-state index contributed by atoms with van der Waals surface area (Å²) in [6, 6.07) is 6.87. The van der Waals surface area contributed by atoms with Crippen LogP contribution in [0, 0.1) is 13.8 Å². The molecule has 0 aliphatic rings. The van der Waals surface area contributed by atoms with Crippen molar-refractivity contribution in [2.75, 3.05) is 13.2 Å². The van der Waals surface area contributed by atoms with Gasteiger partial charge in [-0.2, -0.15) is 0 Å². The summed E-state index contributed by atoms with van der Waals surface area (Å²) in [6.07, 6.45) is 2.26. The quantitative estimate of drug-likeness (QED) is 0.731. The fourth-order valence-electron chi connectivity index (χ4n) is 1.83. The SMILES string of the molecule is CCNC(C)CCCOc1ccc(C)c(C)c1. The van der Waals surface area contributed by atoms with Crippen LogP contribution in [0.5, 0.6) is 5.75 Å². The van der Waals surface area contributed by atoms with Gasteiger partial charge in [-0.1, -0.05) is 13.0 Å². The monoisotopic (exact) mass is 235 g/mol. The average molecular weight is 235 g/mol. The maximum atomic E-state index is 5.74. The minimum Gasteiger partial charge on any atom is -0.494 e. The molecule has 1 aromatic rings. The Kier molecular flexibility index (Phi) is 6.06. The minimum atomic E-state index is 0.586. The predicted molar refractivity (Wildman–Crippen MR) is 73.8 cm³/mol. The van der Waals surface area contributed by atoms with E-state index in [0.29, 0.717) is 6.04 Å². The minimum absolute atomic E-state index is 0.586. The third kappa shape index (κ3) is 5.22. The van der Waals surface area contributed by atoms with Crippen LogP contribution in [0.25, 0.3) is 0 Å². The largest absolute Gasteiger partial charge is 0.494 e. The van der Waals surface area contributed by atoms with Crippen molar-refractivity contribution in [2.45, 2.75) is 46.6 Å². The molecule has 17 heavy (non-hydrogen) atoms. The highest BCUT2D eigenvalue weighted by molar-refractivity contribution is 5.33. The van der Waals surface area contributed by atoms with Gasteiger partial charge in [0.05, 0.1) is 6.61 Å². The van der Waals surface area contributed by atoms with E-state index in [0.717, 1.165) is 25.3 Å². The van der Waals surface area contributed by atoms with Crippen molar-refractivity contribution in [3.8, 4) is 5.75 Å². The molecule has 1 atom stereocenters. The highest BCUT2D eigenvalue weighted by Gasteiger charge is 2.00. The van der Waals surface area contributed by atoms with E-state index in [-0.39, 0.29) is 0 Å². The number of hydrogen-bond acceptors (Lipinski definition) is 2. The summed E-state index contributed by atoms with van der Waals surface area (Å²) in [7, 11) is 0. The molecule has 0 fully saturated rings. The fourth-order valence-corrected chi connectivity index (χ4v) is 1.83. The van der Waals surface area contributed by atoms with E-state index in [9.17, 15) is 0 Å². The van der Waals surface area contributed by atoms with Crippen LogP contribution in [0.3, 0.4) is 0 Å². The van der Waals surface area contributed by atoms with Gasteiger partial charge in [-0.05, 0) is 63.4 Å². The molecule has 0 aromatic heterocycles. The number of hydrogen-bond donors (Lipinski definition) is 1. The normalized spacial score (nSPS) is 12.5. The van der Waals surface area contributed by atoms with Gasteiger partial charge >= 0.3 is 0 Å². The van der Waals surface area contributed by atoms with Crippen LogP contribution in [0.1, 0.15) is 37.8 Å². The molecule has 1 aromatic carbocycles. The lowest BCUT2D eigenvalue weighted by Gasteiger charge is -2.12. The van der Waals surface area contributed by atoms with Crippen molar-refractivity contribution in [2.24, 2.45) is 0 Å². The van der Waals surface area contributed by atoms with Gasteiger partial charge < -0.3 is 10.1 Å². The number of nitrogens with one attached hydrogen (secondary N) is 1. The first kappa shape index (κ1) is 14.0. The lowest BCUT2D eigenvalue weighted by Crippen LogP contribution is -2.25. The van der Waals surface area contributed by atoms with E-state index in [1.165, 1.54) is 17.5 Å². The standard InChI is InChI=1S/C15H25NO/c1-5-16-14(4)7-6-10-17-15-9-8-12(2)13(3)11-15/h8-9,11,14,16H,5-7,10H2,1-4H3. The maximum absolute atomic E-state index is 5.74. The first-order valence-electron chi connectivity index (χ1n) is 6.57. The topological polar surface area (TPSA) is 21.3 Å². The predicted octanol–water partition coefficient (Wildman–Crippen LogP) is 3.46. The van der Waals surface area contributed by atoms with E-state index < -0.39 is 0 Å². The van der Waals surface area contributed by atoms with E-state index in [1.54, 1.807) is 0 Å². The Labute approximate surface area is 105 Å². The fraction of sp³-hybridized carbons (Fsp3) is 0.600. The molecule has 1 rings (SSSR count). The lowest BCUT2D eigenvalue weighted by molar-refractivity contribution is 0.298. The van der Waals surface area contributed by atoms with Crippen molar-refractivity contribution >= 4 is 0 Å². The van der Waals surface area contributed by atoms with Crippen molar-refractivity contribution < 1.29 is 4.74 Å². The van der Waals surface area contributed by atoms with Gasteiger partial charge in [0.15, 0.2) is 0 Å². The van der Waals surface area contributed by atoms with Gasteiger partial charge in [0, 0.05) is 6.04 Å². The van der Waals surface area contributed by atoms with Crippen LogP contribution >= 0.6 is 0 Å². The molecule has 0 aliphatic heterocycles. The summed E-state index contributed by atoms with van der Waals surface area (Å²) >= 11 is 0. The first-order chi connectivity index (χ1) is 8.13. The summed E-state index contributed by atoms with van der Waals surface area (Å²) in [4.78, 5) is 0. The summed E-state index contributed by atoms with van der Waals surface area (Å²) in [5.41, 5.74) is 2.61. The van der Waals surface area contributed by atoms with Gasteiger partial charge in [0.2, 0.25) is 0 Å². The molecular formula is C15H25NO. The van der Waals surface area contributed by atoms with Crippen molar-refractivity contribution in [1.29, 1.82) is 0 Å². The highest BCUT2D eigenvalue weighted by Crippen LogP contribution is 2.16. The molecule has 96 valence electrons. The molecule has 1 N–H and O–H groups in total. The number of rotatable bonds is 7. The lowest BCUT2D eigenvalue weighted by atomic mass is 10.1. The van der Waals surface area contributed by atoms with Crippen LogP contribution in [0.4, 0.5) is 0 Å². The van der Waals surface area contributed by atoms with Crippen LogP contribution in [0.15, 0.2) is 18.2 Å². The van der Waals surface area contributed by atoms with Crippen LogP contribution < -0.4 is 10.1 Å². The molecule has 1 unspecified atom stereocenters. The Hall–Kier alpha value is -1.02. The van der Waals surface area contributed by atoms with E-state index in [2.05, 4.69) is 51.2 Å². The maximum Gasteiger partial charge on any atom is 0.119 e. The van der Waals surface area contributed by atoms with Crippen molar-refractivity contribution in [1.82, 2.24) is 5.32 Å². The number of aryl methyl sites for hydroxylation is 2. The average Bonchev–Trinajstić information content (AvgIpc) is 2.29. The molecule has 0 spiro atoms. The second kappa shape index (κ2) is 7.33. The molecular weight excluding hydrogens is 210 g/mol. The Balaban J connectivity index is 2.24. The van der Waals surface area contributed by atoms with Gasteiger partial charge in [0.1, 0.15) is 5.75 Å². The molecule has 2 nitrogen and oxygen atoms in total. The molecule has 0 radical (unpaired) electrons. The number of benzene rings is 1. The molecule has 0 saturated carbocycles. The summed E-state index contributed by atoms with van der Waals surface area (Å²) in [6.45, 7) is 10.5. The summed E-state index contributed by atoms with van der Waals surface area (Å²) in [5.74, 6) is 0.990. The summed E-state index contributed by atoms with van der Waals surface area (Å²) in [5, 5.41) is 3.41. The zero-order valence-electron chi connectivity index (χ0n) is 11.5. The molecule has 0 aliphatic carbocycles. The van der Waals surface area contributed by atoms with Gasteiger partial charge in [-0.15, -0.1) is 0 Å². The third-order valence-corrected chi connectivity index (χ3v) is 3.08. The van der Waals surface area contributed by atoms with Crippen LogP contribution in [-0.2, 0) is 0 Å². The van der Waals surface area contributed by atoms with Crippen molar-refractivity contribution in [3.63, 3.8) is 0 Å². The van der Waals surface area contributed by atoms with Crippen molar-refractivity contribution in [3.05, 3.63) is 29.3 Å². The zero-order chi connectivity index (χ0) is 12.7. The van der Waals surface area contributed by atoms with E-state index in [1.807, 2.05) is 0 Å². The molecule has 0 heterocycles. The van der Waals surface area contributed by atoms with Crippen LogP contribution in [0.2, 0.25) is 0 Å². The van der Waals surface area contributed by atoms with Gasteiger partial charge in [-0.3, -0.25) is 0 Å². The van der Waals surface area contributed by atoms with E-state index in [4.69, 9.17) is 4.74 Å².